The molecule has 156 valence electrons. The average molecular weight is 413 g/mol. The molecule has 0 unspecified atom stereocenters. The molecular weight excluding hydrogens is 390 g/mol. The van der Waals surface area contributed by atoms with Crippen LogP contribution >= 0.6 is 0 Å². The summed E-state index contributed by atoms with van der Waals surface area (Å²) in [4.78, 5) is 25.8. The normalized spacial score (nSPS) is 14.2. The van der Waals surface area contributed by atoms with E-state index in [2.05, 4.69) is 20.0 Å². The topological polar surface area (TPSA) is 75.4 Å². The zero-order valence-corrected chi connectivity index (χ0v) is 17.4. The van der Waals surface area contributed by atoms with E-state index in [1.165, 1.54) is 0 Å². The minimum atomic E-state index is 0.0732. The van der Waals surface area contributed by atoms with E-state index < -0.39 is 0 Å². The van der Waals surface area contributed by atoms with Gasteiger partial charge in [0.05, 0.1) is 12.1 Å². The highest BCUT2D eigenvalue weighted by Gasteiger charge is 2.24. The Morgan fingerprint density at radius 1 is 1.00 bits per heavy atom. The van der Waals surface area contributed by atoms with Crippen LogP contribution in [-0.4, -0.2) is 52.1 Å². The maximum atomic E-state index is 12.9. The van der Waals surface area contributed by atoms with Crippen molar-refractivity contribution in [2.45, 2.75) is 13.3 Å². The zero-order valence-electron chi connectivity index (χ0n) is 17.4. The highest BCUT2D eigenvalue weighted by atomic mass is 16.5. The summed E-state index contributed by atoms with van der Waals surface area (Å²) in [6.45, 7) is 4.79. The number of fused-ring (bicyclic) bond motifs is 1. The molecule has 1 saturated heterocycles. The van der Waals surface area contributed by atoms with Crippen molar-refractivity contribution < 1.29 is 9.32 Å². The van der Waals surface area contributed by atoms with Gasteiger partial charge in [-0.05, 0) is 19.1 Å². The van der Waals surface area contributed by atoms with Gasteiger partial charge in [-0.1, -0.05) is 47.1 Å². The lowest BCUT2D eigenvalue weighted by molar-refractivity contribution is -0.130. The van der Waals surface area contributed by atoms with Crippen LogP contribution < -0.4 is 4.90 Å². The molecule has 0 spiro atoms. The van der Waals surface area contributed by atoms with E-state index >= 15 is 0 Å². The summed E-state index contributed by atoms with van der Waals surface area (Å²) in [5.74, 6) is 0.961. The highest BCUT2D eigenvalue weighted by molar-refractivity contribution is 5.86. The molecule has 1 amide bonds. The second-order valence-electron chi connectivity index (χ2n) is 7.80. The van der Waals surface area contributed by atoms with Gasteiger partial charge in [0.1, 0.15) is 17.8 Å². The molecule has 2 aromatic heterocycles. The Morgan fingerprint density at radius 2 is 1.81 bits per heavy atom. The van der Waals surface area contributed by atoms with Crippen molar-refractivity contribution in [1.82, 2.24) is 20.0 Å². The number of hydrogen-bond acceptors (Lipinski definition) is 6. The van der Waals surface area contributed by atoms with Crippen LogP contribution in [0, 0.1) is 6.92 Å². The minimum Gasteiger partial charge on any atom is -0.356 e. The molecule has 2 aromatic carbocycles. The van der Waals surface area contributed by atoms with Gasteiger partial charge >= 0.3 is 0 Å². The molecule has 1 aliphatic heterocycles. The zero-order chi connectivity index (χ0) is 21.2. The molecule has 0 N–H and O–H groups in total. The Balaban J connectivity index is 1.24. The Morgan fingerprint density at radius 3 is 2.61 bits per heavy atom. The van der Waals surface area contributed by atoms with E-state index in [4.69, 9.17) is 4.52 Å². The van der Waals surface area contributed by atoms with Crippen molar-refractivity contribution in [3.63, 3.8) is 0 Å². The number of carbonyl (C=O) groups is 1. The Hall–Kier alpha value is -3.74. The summed E-state index contributed by atoms with van der Waals surface area (Å²) >= 11 is 0. The predicted octanol–water partition coefficient (Wildman–Crippen LogP) is 3.48. The van der Waals surface area contributed by atoms with E-state index in [1.54, 1.807) is 6.33 Å². The van der Waals surface area contributed by atoms with E-state index in [0.717, 1.165) is 46.7 Å². The second kappa shape index (κ2) is 8.18. The number of rotatable bonds is 4. The Kier molecular flexibility index (Phi) is 5.08. The first-order valence-electron chi connectivity index (χ1n) is 10.4. The molecule has 1 fully saturated rings. The molecule has 0 radical (unpaired) electrons. The summed E-state index contributed by atoms with van der Waals surface area (Å²) in [6, 6.07) is 18.0. The number of nitrogens with zero attached hydrogens (tertiary/aromatic N) is 5. The molecule has 7 heteroatoms. The third kappa shape index (κ3) is 3.99. The van der Waals surface area contributed by atoms with Crippen LogP contribution in [-0.2, 0) is 11.2 Å². The van der Waals surface area contributed by atoms with Crippen molar-refractivity contribution in [3.8, 4) is 11.3 Å². The van der Waals surface area contributed by atoms with Crippen molar-refractivity contribution in [2.24, 2.45) is 0 Å². The maximum Gasteiger partial charge on any atom is 0.228 e. The summed E-state index contributed by atoms with van der Waals surface area (Å²) in [5, 5.41) is 5.04. The van der Waals surface area contributed by atoms with Crippen LogP contribution in [0.15, 0.2) is 65.4 Å². The summed E-state index contributed by atoms with van der Waals surface area (Å²) in [5.41, 5.74) is 4.51. The third-order valence-corrected chi connectivity index (χ3v) is 5.70. The molecular formula is C24H23N5O2. The first kappa shape index (κ1) is 19.2. The standard InChI is InChI=1S/C24H23N5O2/c1-17-7-8-22-19(13-17)21(27-31-22)15-24(30)29-11-9-28(10-12-29)23-14-20(25-16-26-23)18-5-3-2-4-6-18/h2-8,13-14,16H,9-12,15H2,1H3. The molecule has 0 saturated carbocycles. The fraction of sp³-hybridized carbons (Fsp3) is 0.250. The third-order valence-electron chi connectivity index (χ3n) is 5.70. The van der Waals surface area contributed by atoms with Gasteiger partial charge in [0.25, 0.3) is 0 Å². The second-order valence-corrected chi connectivity index (χ2v) is 7.80. The van der Waals surface area contributed by atoms with Crippen molar-refractivity contribution >= 4 is 22.7 Å². The van der Waals surface area contributed by atoms with Crippen molar-refractivity contribution in [1.29, 1.82) is 0 Å². The predicted molar refractivity (Wildman–Crippen MR) is 119 cm³/mol. The molecule has 0 aliphatic carbocycles. The monoisotopic (exact) mass is 413 g/mol. The van der Waals surface area contributed by atoms with E-state index in [-0.39, 0.29) is 12.3 Å². The largest absolute Gasteiger partial charge is 0.356 e. The lowest BCUT2D eigenvalue weighted by Crippen LogP contribution is -2.49. The van der Waals surface area contributed by atoms with Crippen LogP contribution in [0.4, 0.5) is 5.82 Å². The molecule has 1 aliphatic rings. The number of aromatic nitrogens is 3. The summed E-state index contributed by atoms with van der Waals surface area (Å²) in [7, 11) is 0. The van der Waals surface area contributed by atoms with Gasteiger partial charge < -0.3 is 14.3 Å². The molecule has 5 rings (SSSR count). The number of piperazine rings is 1. The Bertz CT molecular complexity index is 1210. The van der Waals surface area contributed by atoms with E-state index in [1.807, 2.05) is 66.4 Å². The van der Waals surface area contributed by atoms with E-state index in [0.29, 0.717) is 18.8 Å². The summed E-state index contributed by atoms with van der Waals surface area (Å²) in [6.07, 6.45) is 1.86. The van der Waals surface area contributed by atoms with Crippen LogP contribution in [0.3, 0.4) is 0 Å². The van der Waals surface area contributed by atoms with Crippen molar-refractivity contribution in [3.05, 3.63) is 72.2 Å². The molecule has 31 heavy (non-hydrogen) atoms. The molecule has 7 nitrogen and oxygen atoms in total. The highest BCUT2D eigenvalue weighted by Crippen LogP contribution is 2.23. The van der Waals surface area contributed by atoms with Crippen LogP contribution in [0.5, 0.6) is 0 Å². The van der Waals surface area contributed by atoms with Gasteiger partial charge in [0, 0.05) is 43.2 Å². The van der Waals surface area contributed by atoms with Crippen molar-refractivity contribution in [2.75, 3.05) is 31.1 Å². The van der Waals surface area contributed by atoms with Gasteiger partial charge in [-0.25, -0.2) is 9.97 Å². The van der Waals surface area contributed by atoms with Gasteiger partial charge in [-0.3, -0.25) is 4.79 Å². The van der Waals surface area contributed by atoms with Gasteiger partial charge in [-0.2, -0.15) is 0 Å². The van der Waals surface area contributed by atoms with E-state index in [9.17, 15) is 4.79 Å². The minimum absolute atomic E-state index is 0.0732. The number of hydrogen-bond donors (Lipinski definition) is 0. The first-order chi connectivity index (χ1) is 15.2. The average Bonchev–Trinajstić information content (AvgIpc) is 3.21. The fourth-order valence-corrected chi connectivity index (χ4v) is 3.96. The molecule has 4 aromatic rings. The quantitative estimate of drug-likeness (QED) is 0.510. The SMILES string of the molecule is Cc1ccc2onc(CC(=O)N3CCN(c4cc(-c5ccccc5)ncn4)CC3)c2c1. The molecule has 0 atom stereocenters. The van der Waals surface area contributed by atoms with Gasteiger partial charge in [0.15, 0.2) is 5.58 Å². The molecule has 0 bridgehead atoms. The number of benzene rings is 2. The number of amides is 1. The molecule has 3 heterocycles. The fourth-order valence-electron chi connectivity index (χ4n) is 3.96. The number of carbonyl (C=O) groups excluding carboxylic acids is 1. The number of aryl methyl sites for hydroxylation is 1. The maximum absolute atomic E-state index is 12.9. The Labute approximate surface area is 180 Å². The lowest BCUT2D eigenvalue weighted by atomic mass is 10.1. The van der Waals surface area contributed by atoms with Gasteiger partial charge in [-0.15, -0.1) is 0 Å². The van der Waals surface area contributed by atoms with Crippen LogP contribution in [0.25, 0.3) is 22.2 Å². The lowest BCUT2D eigenvalue weighted by Gasteiger charge is -2.35. The number of anilines is 1. The smallest absolute Gasteiger partial charge is 0.228 e. The summed E-state index contributed by atoms with van der Waals surface area (Å²) < 4.78 is 5.37. The van der Waals surface area contributed by atoms with Gasteiger partial charge in [0.2, 0.25) is 5.91 Å². The van der Waals surface area contributed by atoms with Crippen LogP contribution in [0.2, 0.25) is 0 Å². The van der Waals surface area contributed by atoms with Crippen LogP contribution in [0.1, 0.15) is 11.3 Å². The first-order valence-corrected chi connectivity index (χ1v) is 10.4.